The number of hydrazine groups is 1. The molecule has 0 spiro atoms. The van der Waals surface area contributed by atoms with Crippen LogP contribution in [0.25, 0.3) is 0 Å². The second-order valence-corrected chi connectivity index (χ2v) is 6.64. The van der Waals surface area contributed by atoms with Crippen LogP contribution in [0.2, 0.25) is 0 Å². The summed E-state index contributed by atoms with van der Waals surface area (Å²) in [5, 5.41) is 13.7. The summed E-state index contributed by atoms with van der Waals surface area (Å²) in [4.78, 5) is 22.5. The van der Waals surface area contributed by atoms with E-state index in [0.29, 0.717) is 5.69 Å². The fraction of sp³-hybridized carbons (Fsp3) is 0.222. The van der Waals surface area contributed by atoms with E-state index in [9.17, 15) is 14.9 Å². The molecule has 2 aromatic rings. The Morgan fingerprint density at radius 2 is 1.92 bits per heavy atom. The Morgan fingerprint density at radius 3 is 2.62 bits per heavy atom. The first-order valence-electron chi connectivity index (χ1n) is 8.12. The highest BCUT2D eigenvalue weighted by Crippen LogP contribution is 2.47. The molecule has 134 valence electrons. The van der Waals surface area contributed by atoms with Gasteiger partial charge < -0.3 is 5.32 Å². The number of aryl methyl sites for hydroxylation is 1. The number of rotatable bonds is 4. The Balaban J connectivity index is 1.48. The number of nitro groups is 1. The van der Waals surface area contributed by atoms with Crippen molar-refractivity contribution in [3.05, 3.63) is 69.8 Å². The molecule has 8 heteroatoms. The fourth-order valence-electron chi connectivity index (χ4n) is 2.74. The zero-order valence-corrected chi connectivity index (χ0v) is 14.9. The van der Waals surface area contributed by atoms with Gasteiger partial charge in [-0.05, 0) is 43.1 Å². The molecule has 2 aromatic carbocycles. The van der Waals surface area contributed by atoms with Gasteiger partial charge in [-0.2, -0.15) is 0 Å². The second kappa shape index (κ2) is 7.49. The minimum Gasteiger partial charge on any atom is -0.331 e. The zero-order chi connectivity index (χ0) is 18.7. The van der Waals surface area contributed by atoms with Crippen LogP contribution in [0.1, 0.15) is 23.5 Å². The third-order valence-corrected chi connectivity index (χ3v) is 4.45. The number of nitrogens with zero attached hydrogens (tertiary/aromatic N) is 1. The van der Waals surface area contributed by atoms with E-state index in [4.69, 9.17) is 12.2 Å². The van der Waals surface area contributed by atoms with Crippen molar-refractivity contribution in [2.75, 3.05) is 5.32 Å². The fourth-order valence-corrected chi connectivity index (χ4v) is 2.91. The smallest absolute Gasteiger partial charge is 0.271 e. The van der Waals surface area contributed by atoms with Gasteiger partial charge in [-0.25, -0.2) is 0 Å². The Kier molecular flexibility index (Phi) is 5.13. The number of anilines is 1. The van der Waals surface area contributed by atoms with Crippen LogP contribution in [0.15, 0.2) is 48.5 Å². The van der Waals surface area contributed by atoms with Gasteiger partial charge in [-0.1, -0.05) is 35.9 Å². The molecule has 3 N–H and O–H groups in total. The summed E-state index contributed by atoms with van der Waals surface area (Å²) in [7, 11) is 0. The van der Waals surface area contributed by atoms with E-state index >= 15 is 0 Å². The molecular weight excluding hydrogens is 352 g/mol. The molecule has 0 radical (unpaired) electrons. The van der Waals surface area contributed by atoms with Crippen molar-refractivity contribution < 1.29 is 9.72 Å². The van der Waals surface area contributed by atoms with Gasteiger partial charge in [-0.3, -0.25) is 25.8 Å². The van der Waals surface area contributed by atoms with Gasteiger partial charge in [0, 0.05) is 23.7 Å². The Morgan fingerprint density at radius 1 is 1.19 bits per heavy atom. The minimum absolute atomic E-state index is 0.0410. The lowest BCUT2D eigenvalue weighted by Crippen LogP contribution is -2.44. The van der Waals surface area contributed by atoms with E-state index in [0.717, 1.165) is 12.0 Å². The molecule has 1 aliphatic rings. The molecule has 0 aromatic heterocycles. The van der Waals surface area contributed by atoms with E-state index in [1.54, 1.807) is 12.1 Å². The first-order valence-corrected chi connectivity index (χ1v) is 8.53. The SMILES string of the molecule is Cc1ccc(C2CC2C(=O)NNC(=S)Nc2cccc([N+](=O)[O-])c2)cc1. The van der Waals surface area contributed by atoms with Gasteiger partial charge in [-0.15, -0.1) is 0 Å². The van der Waals surface area contributed by atoms with Crippen molar-refractivity contribution in [3.8, 4) is 0 Å². The lowest BCUT2D eigenvalue weighted by atomic mass is 10.1. The highest BCUT2D eigenvalue weighted by atomic mass is 32.1. The number of amides is 1. The maximum atomic E-state index is 12.2. The van der Waals surface area contributed by atoms with Crippen LogP contribution in [0.5, 0.6) is 0 Å². The van der Waals surface area contributed by atoms with E-state index < -0.39 is 4.92 Å². The Hall–Kier alpha value is -3.00. The molecule has 0 saturated heterocycles. The number of thiocarbonyl (C=S) groups is 1. The molecule has 0 heterocycles. The predicted octanol–water partition coefficient (Wildman–Crippen LogP) is 3.02. The Labute approximate surface area is 155 Å². The van der Waals surface area contributed by atoms with Crippen molar-refractivity contribution >= 4 is 34.6 Å². The van der Waals surface area contributed by atoms with E-state index in [1.807, 2.05) is 19.1 Å². The van der Waals surface area contributed by atoms with Crippen LogP contribution in [0.4, 0.5) is 11.4 Å². The molecular formula is C18H18N4O3S. The van der Waals surface area contributed by atoms with Crippen LogP contribution in [-0.4, -0.2) is 15.9 Å². The quantitative estimate of drug-likeness (QED) is 0.435. The van der Waals surface area contributed by atoms with Crippen LogP contribution in [-0.2, 0) is 4.79 Å². The van der Waals surface area contributed by atoms with Crippen molar-refractivity contribution in [3.63, 3.8) is 0 Å². The molecule has 26 heavy (non-hydrogen) atoms. The largest absolute Gasteiger partial charge is 0.331 e. The number of nitrogens with one attached hydrogen (secondary N) is 3. The number of nitro benzene ring substituents is 1. The van der Waals surface area contributed by atoms with Crippen LogP contribution < -0.4 is 16.2 Å². The summed E-state index contributed by atoms with van der Waals surface area (Å²) >= 11 is 5.10. The zero-order valence-electron chi connectivity index (χ0n) is 14.1. The normalized spacial score (nSPS) is 17.9. The van der Waals surface area contributed by atoms with Crippen LogP contribution in [0, 0.1) is 23.0 Å². The first kappa shape index (κ1) is 17.8. The molecule has 0 aliphatic heterocycles. The molecule has 1 aliphatic carbocycles. The minimum atomic E-state index is -0.484. The topological polar surface area (TPSA) is 96.3 Å². The molecule has 3 rings (SSSR count). The van der Waals surface area contributed by atoms with Gasteiger partial charge in [0.1, 0.15) is 0 Å². The standard InChI is InChI=1S/C18H18N4O3S/c1-11-5-7-12(8-6-11)15-10-16(15)17(23)20-21-18(26)19-13-3-2-4-14(9-13)22(24)25/h2-9,15-16H,10H2,1H3,(H,20,23)(H2,19,21,26). The number of benzene rings is 2. The molecule has 1 saturated carbocycles. The monoisotopic (exact) mass is 370 g/mol. The number of hydrogen-bond donors (Lipinski definition) is 3. The maximum absolute atomic E-state index is 12.2. The average Bonchev–Trinajstić information content (AvgIpc) is 3.41. The van der Waals surface area contributed by atoms with Crippen LogP contribution in [0.3, 0.4) is 0 Å². The van der Waals surface area contributed by atoms with Crippen molar-refractivity contribution in [2.24, 2.45) is 5.92 Å². The lowest BCUT2D eigenvalue weighted by Gasteiger charge is -2.11. The summed E-state index contributed by atoms with van der Waals surface area (Å²) in [6, 6.07) is 14.1. The van der Waals surface area contributed by atoms with Crippen LogP contribution >= 0.6 is 12.2 Å². The van der Waals surface area contributed by atoms with Gasteiger partial charge >= 0.3 is 0 Å². The number of hydrogen-bond acceptors (Lipinski definition) is 4. The summed E-state index contributed by atoms with van der Waals surface area (Å²) in [5.74, 6) is 0.0280. The average molecular weight is 370 g/mol. The highest BCUT2D eigenvalue weighted by Gasteiger charge is 2.43. The lowest BCUT2D eigenvalue weighted by molar-refractivity contribution is -0.384. The number of non-ortho nitro benzene ring substituents is 1. The molecule has 2 unspecified atom stereocenters. The molecule has 2 atom stereocenters. The highest BCUT2D eigenvalue weighted by molar-refractivity contribution is 7.80. The summed E-state index contributed by atoms with van der Waals surface area (Å²) in [6.45, 7) is 2.03. The van der Waals surface area contributed by atoms with Gasteiger partial charge in [0.25, 0.3) is 5.69 Å². The summed E-state index contributed by atoms with van der Waals surface area (Å²) in [6.07, 6.45) is 0.807. The van der Waals surface area contributed by atoms with Crippen molar-refractivity contribution in [1.29, 1.82) is 0 Å². The number of carbonyl (C=O) groups is 1. The van der Waals surface area contributed by atoms with Crippen molar-refractivity contribution in [2.45, 2.75) is 19.3 Å². The van der Waals surface area contributed by atoms with E-state index in [-0.39, 0.29) is 28.5 Å². The summed E-state index contributed by atoms with van der Waals surface area (Å²) in [5.41, 5.74) is 8.00. The molecule has 0 bridgehead atoms. The predicted molar refractivity (Wildman–Crippen MR) is 103 cm³/mol. The third-order valence-electron chi connectivity index (χ3n) is 4.25. The first-order chi connectivity index (χ1) is 12.4. The number of carbonyl (C=O) groups excluding carboxylic acids is 1. The van der Waals surface area contributed by atoms with E-state index in [2.05, 4.69) is 28.3 Å². The second-order valence-electron chi connectivity index (χ2n) is 6.24. The van der Waals surface area contributed by atoms with Gasteiger partial charge in [0.05, 0.1) is 4.92 Å². The van der Waals surface area contributed by atoms with Crippen molar-refractivity contribution in [1.82, 2.24) is 10.9 Å². The van der Waals surface area contributed by atoms with Gasteiger partial charge in [0.2, 0.25) is 5.91 Å². The van der Waals surface area contributed by atoms with E-state index in [1.165, 1.54) is 17.7 Å². The van der Waals surface area contributed by atoms with Gasteiger partial charge in [0.15, 0.2) is 5.11 Å². The Bertz CT molecular complexity index is 854. The maximum Gasteiger partial charge on any atom is 0.271 e. The molecule has 1 fully saturated rings. The summed E-state index contributed by atoms with van der Waals surface area (Å²) < 4.78 is 0. The third kappa shape index (κ3) is 4.34. The molecule has 1 amide bonds. The molecule has 7 nitrogen and oxygen atoms in total.